The maximum absolute atomic E-state index is 6.29. The van der Waals surface area contributed by atoms with Gasteiger partial charge in [-0.3, -0.25) is 0 Å². The van der Waals surface area contributed by atoms with E-state index < -0.39 is 0 Å². The van der Waals surface area contributed by atoms with Gasteiger partial charge < -0.3 is 14.5 Å². The summed E-state index contributed by atoms with van der Waals surface area (Å²) in [6.07, 6.45) is 1.70. The van der Waals surface area contributed by atoms with E-state index in [0.717, 1.165) is 35.2 Å². The standard InChI is InChI=1S/C15H18ClNO2S/c1-18-9-7-17-10-13-14(16)5-2-6-15(13)20-11-12-4-3-8-19-12/h2-6,8,17H,7,9-11H2,1H3. The van der Waals surface area contributed by atoms with E-state index in [1.165, 1.54) is 4.90 Å². The van der Waals surface area contributed by atoms with Crippen LogP contribution < -0.4 is 5.32 Å². The van der Waals surface area contributed by atoms with Crippen molar-refractivity contribution in [3.8, 4) is 0 Å². The van der Waals surface area contributed by atoms with Gasteiger partial charge in [0.05, 0.1) is 18.6 Å². The van der Waals surface area contributed by atoms with Crippen LogP contribution in [0, 0.1) is 0 Å². The summed E-state index contributed by atoms with van der Waals surface area (Å²) in [6, 6.07) is 9.87. The van der Waals surface area contributed by atoms with Gasteiger partial charge in [0, 0.05) is 30.1 Å². The number of ether oxygens (including phenoxy) is 1. The Bertz CT molecular complexity index is 517. The molecule has 1 aromatic carbocycles. The summed E-state index contributed by atoms with van der Waals surface area (Å²) < 4.78 is 10.4. The maximum Gasteiger partial charge on any atom is 0.113 e. The first-order valence-electron chi connectivity index (χ1n) is 6.43. The van der Waals surface area contributed by atoms with E-state index in [9.17, 15) is 0 Å². The molecule has 0 spiro atoms. The van der Waals surface area contributed by atoms with Crippen LogP contribution in [0.2, 0.25) is 5.02 Å². The molecule has 3 nitrogen and oxygen atoms in total. The second-order valence-electron chi connectivity index (χ2n) is 4.25. The highest BCUT2D eigenvalue weighted by molar-refractivity contribution is 7.98. The van der Waals surface area contributed by atoms with Crippen molar-refractivity contribution in [1.29, 1.82) is 0 Å². The number of hydrogen-bond donors (Lipinski definition) is 1. The molecule has 1 N–H and O–H groups in total. The van der Waals surface area contributed by atoms with E-state index >= 15 is 0 Å². The van der Waals surface area contributed by atoms with Crippen LogP contribution in [0.4, 0.5) is 0 Å². The lowest BCUT2D eigenvalue weighted by Crippen LogP contribution is -2.19. The monoisotopic (exact) mass is 311 g/mol. The summed E-state index contributed by atoms with van der Waals surface area (Å²) in [4.78, 5) is 1.18. The minimum absolute atomic E-state index is 0.694. The highest BCUT2D eigenvalue weighted by Crippen LogP contribution is 2.30. The molecule has 0 radical (unpaired) electrons. The maximum atomic E-state index is 6.29. The summed E-state index contributed by atoms with van der Waals surface area (Å²) in [7, 11) is 1.70. The van der Waals surface area contributed by atoms with Crippen LogP contribution >= 0.6 is 23.4 Å². The Morgan fingerprint density at radius 1 is 1.30 bits per heavy atom. The van der Waals surface area contributed by atoms with E-state index in [1.54, 1.807) is 25.1 Å². The zero-order valence-electron chi connectivity index (χ0n) is 11.4. The van der Waals surface area contributed by atoms with Crippen molar-refractivity contribution >= 4 is 23.4 Å². The highest BCUT2D eigenvalue weighted by atomic mass is 35.5. The van der Waals surface area contributed by atoms with Gasteiger partial charge in [0.1, 0.15) is 5.76 Å². The van der Waals surface area contributed by atoms with Gasteiger partial charge in [0.2, 0.25) is 0 Å². The molecule has 108 valence electrons. The Morgan fingerprint density at radius 2 is 2.20 bits per heavy atom. The number of halogens is 1. The van der Waals surface area contributed by atoms with E-state index in [-0.39, 0.29) is 0 Å². The van der Waals surface area contributed by atoms with Crippen LogP contribution in [0.25, 0.3) is 0 Å². The van der Waals surface area contributed by atoms with Gasteiger partial charge in [-0.2, -0.15) is 0 Å². The molecule has 0 aliphatic rings. The molecule has 1 heterocycles. The molecule has 0 saturated carbocycles. The lowest BCUT2D eigenvalue weighted by Gasteiger charge is -2.11. The number of furan rings is 1. The number of thioether (sulfide) groups is 1. The van der Waals surface area contributed by atoms with Gasteiger partial charge in [0.25, 0.3) is 0 Å². The third-order valence-corrected chi connectivity index (χ3v) is 4.29. The van der Waals surface area contributed by atoms with Gasteiger partial charge >= 0.3 is 0 Å². The Balaban J connectivity index is 1.98. The van der Waals surface area contributed by atoms with Crippen molar-refractivity contribution in [2.45, 2.75) is 17.2 Å². The summed E-state index contributed by atoms with van der Waals surface area (Å²) in [5.74, 6) is 1.77. The Kier molecular flexibility index (Phi) is 6.47. The fourth-order valence-corrected chi connectivity index (χ4v) is 3.07. The molecule has 2 aromatic rings. The molecule has 0 aliphatic carbocycles. The molecule has 0 amide bonds. The number of benzene rings is 1. The molecule has 20 heavy (non-hydrogen) atoms. The topological polar surface area (TPSA) is 34.4 Å². The van der Waals surface area contributed by atoms with Crippen molar-refractivity contribution in [2.75, 3.05) is 20.3 Å². The van der Waals surface area contributed by atoms with Crippen LogP contribution in [0.3, 0.4) is 0 Å². The molecule has 0 fully saturated rings. The summed E-state index contributed by atoms with van der Waals surface area (Å²) in [5, 5.41) is 4.12. The van der Waals surface area contributed by atoms with Crippen molar-refractivity contribution < 1.29 is 9.15 Å². The smallest absolute Gasteiger partial charge is 0.113 e. The lowest BCUT2D eigenvalue weighted by molar-refractivity contribution is 0.199. The third kappa shape index (κ3) is 4.56. The largest absolute Gasteiger partial charge is 0.468 e. The predicted molar refractivity (Wildman–Crippen MR) is 83.3 cm³/mol. The Labute approximate surface area is 128 Å². The fourth-order valence-electron chi connectivity index (χ4n) is 1.78. The first-order valence-corrected chi connectivity index (χ1v) is 7.80. The van der Waals surface area contributed by atoms with Crippen molar-refractivity contribution in [1.82, 2.24) is 5.32 Å². The van der Waals surface area contributed by atoms with Gasteiger partial charge in [-0.1, -0.05) is 17.7 Å². The SMILES string of the molecule is COCCNCc1c(Cl)cccc1SCc1ccco1. The Morgan fingerprint density at radius 3 is 2.95 bits per heavy atom. The fraction of sp³-hybridized carbons (Fsp3) is 0.333. The quantitative estimate of drug-likeness (QED) is 0.591. The molecule has 0 aliphatic heterocycles. The van der Waals surface area contributed by atoms with Crippen molar-refractivity contribution in [3.63, 3.8) is 0 Å². The van der Waals surface area contributed by atoms with E-state index in [2.05, 4.69) is 11.4 Å². The van der Waals surface area contributed by atoms with Gasteiger partial charge in [-0.25, -0.2) is 0 Å². The summed E-state index contributed by atoms with van der Waals surface area (Å²) in [5.41, 5.74) is 1.13. The van der Waals surface area contributed by atoms with Gasteiger partial charge in [-0.05, 0) is 29.8 Å². The second kappa shape index (κ2) is 8.37. The van der Waals surface area contributed by atoms with Crippen LogP contribution in [0.5, 0.6) is 0 Å². The molecule has 5 heteroatoms. The van der Waals surface area contributed by atoms with Crippen LogP contribution in [0.15, 0.2) is 45.9 Å². The summed E-state index contributed by atoms with van der Waals surface area (Å²) in [6.45, 7) is 2.24. The molecular formula is C15H18ClNO2S. The number of nitrogens with one attached hydrogen (secondary N) is 1. The molecule has 0 saturated heterocycles. The van der Waals surface area contributed by atoms with Gasteiger partial charge in [0.15, 0.2) is 0 Å². The first-order chi connectivity index (χ1) is 9.81. The molecule has 1 aromatic heterocycles. The average Bonchev–Trinajstić information content (AvgIpc) is 2.96. The number of hydrogen-bond acceptors (Lipinski definition) is 4. The zero-order chi connectivity index (χ0) is 14.2. The third-order valence-electron chi connectivity index (χ3n) is 2.81. The zero-order valence-corrected chi connectivity index (χ0v) is 13.0. The number of methoxy groups -OCH3 is 1. The normalized spacial score (nSPS) is 10.9. The van der Waals surface area contributed by atoms with E-state index in [0.29, 0.717) is 6.61 Å². The van der Waals surface area contributed by atoms with Gasteiger partial charge in [-0.15, -0.1) is 11.8 Å². The lowest BCUT2D eigenvalue weighted by atomic mass is 10.2. The molecule has 0 unspecified atom stereocenters. The van der Waals surface area contributed by atoms with Crippen LogP contribution in [-0.2, 0) is 17.0 Å². The average molecular weight is 312 g/mol. The summed E-state index contributed by atoms with van der Waals surface area (Å²) >= 11 is 8.03. The molecule has 0 bridgehead atoms. The molecule has 2 rings (SSSR count). The molecular weight excluding hydrogens is 294 g/mol. The van der Waals surface area contributed by atoms with Crippen LogP contribution in [-0.4, -0.2) is 20.3 Å². The highest BCUT2D eigenvalue weighted by Gasteiger charge is 2.08. The Hall–Kier alpha value is -0.940. The number of rotatable bonds is 8. The second-order valence-corrected chi connectivity index (χ2v) is 5.68. The van der Waals surface area contributed by atoms with E-state index in [4.69, 9.17) is 20.8 Å². The van der Waals surface area contributed by atoms with Crippen LogP contribution in [0.1, 0.15) is 11.3 Å². The molecule has 0 atom stereocenters. The van der Waals surface area contributed by atoms with E-state index in [1.807, 2.05) is 24.3 Å². The van der Waals surface area contributed by atoms with Crippen molar-refractivity contribution in [3.05, 3.63) is 52.9 Å². The minimum atomic E-state index is 0.694. The minimum Gasteiger partial charge on any atom is -0.468 e. The van der Waals surface area contributed by atoms with Crippen molar-refractivity contribution in [2.24, 2.45) is 0 Å². The first kappa shape index (κ1) is 15.4. The predicted octanol–water partition coefficient (Wildman–Crippen LogP) is 3.96.